The molecule has 0 N–H and O–H groups in total. The summed E-state index contributed by atoms with van der Waals surface area (Å²) in [5.74, 6) is -0.786. The quantitative estimate of drug-likeness (QED) is 0.300. The summed E-state index contributed by atoms with van der Waals surface area (Å²) in [5, 5.41) is 10.8. The van der Waals surface area contributed by atoms with Crippen molar-refractivity contribution < 1.29 is 24.0 Å². The van der Waals surface area contributed by atoms with Crippen LogP contribution in [0.4, 0.5) is 5.69 Å². The highest BCUT2D eigenvalue weighted by Gasteiger charge is 2.13. The summed E-state index contributed by atoms with van der Waals surface area (Å²) in [6.07, 6.45) is 0.0184. The van der Waals surface area contributed by atoms with E-state index in [2.05, 4.69) is 4.99 Å². The van der Waals surface area contributed by atoms with Crippen LogP contribution in [0.1, 0.15) is 22.8 Å². The van der Waals surface area contributed by atoms with E-state index in [0.29, 0.717) is 29.1 Å². The lowest BCUT2D eigenvalue weighted by Gasteiger charge is -2.05. The van der Waals surface area contributed by atoms with Gasteiger partial charge in [0.15, 0.2) is 4.80 Å². The molecule has 2 aromatic carbocycles. The molecule has 0 aliphatic rings. The first-order chi connectivity index (χ1) is 14.9. The van der Waals surface area contributed by atoms with Crippen LogP contribution in [-0.4, -0.2) is 41.7 Å². The van der Waals surface area contributed by atoms with Gasteiger partial charge in [0.25, 0.3) is 11.6 Å². The van der Waals surface area contributed by atoms with Crippen molar-refractivity contribution in [2.75, 3.05) is 20.3 Å². The molecule has 1 aromatic heterocycles. The molecule has 0 atom stereocenters. The van der Waals surface area contributed by atoms with Crippen LogP contribution in [-0.2, 0) is 27.2 Å². The van der Waals surface area contributed by atoms with Gasteiger partial charge in [0.05, 0.1) is 40.3 Å². The number of nitro benzene ring substituents is 1. The van der Waals surface area contributed by atoms with Crippen molar-refractivity contribution in [1.82, 2.24) is 4.57 Å². The van der Waals surface area contributed by atoms with Gasteiger partial charge < -0.3 is 14.0 Å². The Kier molecular flexibility index (Phi) is 7.27. The largest absolute Gasteiger partial charge is 0.462 e. The molecule has 0 radical (unpaired) electrons. The van der Waals surface area contributed by atoms with Gasteiger partial charge in [-0.25, -0.2) is 4.79 Å². The first-order valence-corrected chi connectivity index (χ1v) is 10.3. The van der Waals surface area contributed by atoms with Crippen molar-refractivity contribution in [1.29, 1.82) is 0 Å². The lowest BCUT2D eigenvalue weighted by molar-refractivity contribution is -0.384. The number of benzene rings is 2. The highest BCUT2D eigenvalue weighted by atomic mass is 32.1. The maximum absolute atomic E-state index is 12.6. The van der Waals surface area contributed by atoms with E-state index in [-0.39, 0.29) is 24.6 Å². The standard InChI is InChI=1S/C21H21N3O6S/c1-3-30-20(26)15-6-9-17-18(13-15)31-21(23(17)10-11-29-2)22-19(25)12-14-4-7-16(8-5-14)24(27)28/h4-9,13H,3,10-12H2,1-2H3. The van der Waals surface area contributed by atoms with Gasteiger partial charge in [-0.1, -0.05) is 23.5 Å². The van der Waals surface area contributed by atoms with E-state index in [9.17, 15) is 19.7 Å². The number of ether oxygens (including phenoxy) is 2. The SMILES string of the molecule is CCOC(=O)c1ccc2c(c1)sc(=NC(=O)Cc1ccc([N+](=O)[O-])cc1)n2CCOC. The first kappa shape index (κ1) is 22.3. The molecular formula is C21H21N3O6S. The molecule has 0 unspecified atom stereocenters. The Bertz CT molecular complexity index is 1180. The summed E-state index contributed by atoms with van der Waals surface area (Å²) < 4.78 is 12.9. The fraction of sp³-hybridized carbons (Fsp3) is 0.286. The number of non-ortho nitro benzene ring substituents is 1. The summed E-state index contributed by atoms with van der Waals surface area (Å²) in [7, 11) is 1.59. The molecule has 0 fully saturated rings. The molecule has 9 nitrogen and oxygen atoms in total. The summed E-state index contributed by atoms with van der Waals surface area (Å²) in [6.45, 7) is 2.94. The third kappa shape index (κ3) is 5.41. The van der Waals surface area contributed by atoms with Gasteiger partial charge in [-0.2, -0.15) is 4.99 Å². The molecule has 0 bridgehead atoms. The number of carbonyl (C=O) groups is 2. The minimum Gasteiger partial charge on any atom is -0.462 e. The Morgan fingerprint density at radius 3 is 2.58 bits per heavy atom. The molecule has 0 saturated carbocycles. The van der Waals surface area contributed by atoms with Crippen LogP contribution in [0.3, 0.4) is 0 Å². The minimum atomic E-state index is -0.490. The average Bonchev–Trinajstić information content (AvgIpc) is 3.08. The third-order valence-electron chi connectivity index (χ3n) is 4.44. The van der Waals surface area contributed by atoms with Crippen LogP contribution in [0, 0.1) is 10.1 Å². The third-order valence-corrected chi connectivity index (χ3v) is 5.48. The van der Waals surface area contributed by atoms with E-state index in [4.69, 9.17) is 9.47 Å². The number of rotatable bonds is 8. The van der Waals surface area contributed by atoms with Crippen LogP contribution >= 0.6 is 11.3 Å². The lowest BCUT2D eigenvalue weighted by atomic mass is 10.1. The Balaban J connectivity index is 1.93. The second-order valence-electron chi connectivity index (χ2n) is 6.54. The number of thiazole rings is 1. The minimum absolute atomic E-state index is 0.0184. The normalized spacial score (nSPS) is 11.6. The van der Waals surface area contributed by atoms with Gasteiger partial charge in [-0.3, -0.25) is 14.9 Å². The molecule has 0 spiro atoms. The monoisotopic (exact) mass is 443 g/mol. The zero-order chi connectivity index (χ0) is 22.4. The molecular weight excluding hydrogens is 422 g/mol. The molecule has 0 aliphatic carbocycles. The zero-order valence-electron chi connectivity index (χ0n) is 17.1. The number of amides is 1. The van der Waals surface area contributed by atoms with Gasteiger partial charge in [0.1, 0.15) is 0 Å². The van der Waals surface area contributed by atoms with Gasteiger partial charge in [0, 0.05) is 25.8 Å². The number of nitrogens with zero attached hydrogens (tertiary/aromatic N) is 3. The van der Waals surface area contributed by atoms with Crippen LogP contribution in [0.15, 0.2) is 47.5 Å². The van der Waals surface area contributed by atoms with Crippen molar-refractivity contribution in [3.63, 3.8) is 0 Å². The molecule has 162 valence electrons. The maximum atomic E-state index is 12.6. The van der Waals surface area contributed by atoms with E-state index >= 15 is 0 Å². The predicted octanol–water partition coefficient (Wildman–Crippen LogP) is 3.10. The van der Waals surface area contributed by atoms with E-state index in [1.807, 2.05) is 4.57 Å². The van der Waals surface area contributed by atoms with E-state index in [1.54, 1.807) is 44.4 Å². The number of esters is 1. The fourth-order valence-corrected chi connectivity index (χ4v) is 4.07. The highest BCUT2D eigenvalue weighted by molar-refractivity contribution is 7.16. The number of hydrogen-bond donors (Lipinski definition) is 0. The van der Waals surface area contributed by atoms with Gasteiger partial charge in [0.2, 0.25) is 0 Å². The first-order valence-electron chi connectivity index (χ1n) is 9.53. The smallest absolute Gasteiger partial charge is 0.338 e. The number of hydrogen-bond acceptors (Lipinski definition) is 7. The highest BCUT2D eigenvalue weighted by Crippen LogP contribution is 2.20. The van der Waals surface area contributed by atoms with Crippen molar-refractivity contribution in [2.45, 2.75) is 19.9 Å². The van der Waals surface area contributed by atoms with Crippen LogP contribution in [0.5, 0.6) is 0 Å². The summed E-state index contributed by atoms with van der Waals surface area (Å²) in [5.41, 5.74) is 1.86. The van der Waals surface area contributed by atoms with E-state index in [1.165, 1.54) is 23.5 Å². The molecule has 0 saturated heterocycles. The molecule has 31 heavy (non-hydrogen) atoms. The van der Waals surface area contributed by atoms with Crippen molar-refractivity contribution in [3.05, 3.63) is 68.5 Å². The predicted molar refractivity (Wildman–Crippen MR) is 115 cm³/mol. The molecule has 1 amide bonds. The fourth-order valence-electron chi connectivity index (χ4n) is 2.95. The molecule has 3 aromatic rings. The molecule has 3 rings (SSSR count). The topological polar surface area (TPSA) is 113 Å². The maximum Gasteiger partial charge on any atom is 0.338 e. The Morgan fingerprint density at radius 2 is 1.94 bits per heavy atom. The number of carbonyl (C=O) groups excluding carboxylic acids is 2. The summed E-state index contributed by atoms with van der Waals surface area (Å²) in [6, 6.07) is 11.0. The van der Waals surface area contributed by atoms with Gasteiger partial charge in [-0.15, -0.1) is 0 Å². The Morgan fingerprint density at radius 1 is 1.19 bits per heavy atom. The Hall–Kier alpha value is -3.37. The van der Waals surface area contributed by atoms with Crippen molar-refractivity contribution >= 4 is 39.1 Å². The number of fused-ring (bicyclic) bond motifs is 1. The number of aromatic nitrogens is 1. The Labute approximate surface area is 181 Å². The zero-order valence-corrected chi connectivity index (χ0v) is 17.9. The van der Waals surface area contributed by atoms with Crippen LogP contribution in [0.2, 0.25) is 0 Å². The molecule has 0 aliphatic heterocycles. The summed E-state index contributed by atoms with van der Waals surface area (Å²) >= 11 is 1.29. The molecule has 10 heteroatoms. The van der Waals surface area contributed by atoms with Crippen molar-refractivity contribution in [3.8, 4) is 0 Å². The lowest BCUT2D eigenvalue weighted by Crippen LogP contribution is -2.19. The van der Waals surface area contributed by atoms with Crippen molar-refractivity contribution in [2.24, 2.45) is 4.99 Å². The summed E-state index contributed by atoms with van der Waals surface area (Å²) in [4.78, 5) is 39.6. The van der Waals surface area contributed by atoms with E-state index in [0.717, 1.165) is 10.2 Å². The van der Waals surface area contributed by atoms with Gasteiger partial charge in [-0.05, 0) is 30.7 Å². The second kappa shape index (κ2) is 10.1. The molecule has 1 heterocycles. The average molecular weight is 443 g/mol. The second-order valence-corrected chi connectivity index (χ2v) is 7.55. The van der Waals surface area contributed by atoms with Crippen LogP contribution in [0.25, 0.3) is 10.2 Å². The number of methoxy groups -OCH3 is 1. The number of nitro groups is 1. The van der Waals surface area contributed by atoms with Crippen LogP contribution < -0.4 is 4.80 Å². The van der Waals surface area contributed by atoms with E-state index < -0.39 is 10.9 Å². The van der Waals surface area contributed by atoms with Gasteiger partial charge >= 0.3 is 5.97 Å².